The average molecular weight is 306 g/mol. The molecule has 2 rings (SSSR count). The Labute approximate surface area is 131 Å². The third-order valence-electron chi connectivity index (χ3n) is 3.53. The van der Waals surface area contributed by atoms with Crippen molar-refractivity contribution in [2.24, 2.45) is 0 Å². The number of benzene rings is 2. The van der Waals surface area contributed by atoms with E-state index in [2.05, 4.69) is 36.5 Å². The van der Waals surface area contributed by atoms with Gasteiger partial charge in [-0.2, -0.15) is 0 Å². The van der Waals surface area contributed by atoms with E-state index in [1.165, 1.54) is 11.6 Å². The lowest BCUT2D eigenvalue weighted by Crippen LogP contribution is -2.23. The summed E-state index contributed by atoms with van der Waals surface area (Å²) in [6.45, 7) is 4.95. The maximum absolute atomic E-state index is 14.2. The number of nitrogens with one attached hydrogen (secondary N) is 1. The summed E-state index contributed by atoms with van der Waals surface area (Å²) >= 11 is 5.84. The van der Waals surface area contributed by atoms with Crippen molar-refractivity contribution in [2.45, 2.75) is 32.7 Å². The van der Waals surface area contributed by atoms with Gasteiger partial charge in [0.15, 0.2) is 0 Å². The molecule has 2 aromatic carbocycles. The summed E-state index contributed by atoms with van der Waals surface area (Å²) in [7, 11) is 0. The minimum Gasteiger partial charge on any atom is -0.306 e. The zero-order valence-electron chi connectivity index (χ0n) is 12.5. The Bertz CT molecular complexity index is 580. The Morgan fingerprint density at radius 3 is 2.38 bits per heavy atom. The first kappa shape index (κ1) is 16.0. The van der Waals surface area contributed by atoms with E-state index in [0.717, 1.165) is 24.9 Å². The highest BCUT2D eigenvalue weighted by Gasteiger charge is 2.17. The lowest BCUT2D eigenvalue weighted by Gasteiger charge is -2.20. The van der Waals surface area contributed by atoms with Crippen LogP contribution >= 0.6 is 11.6 Å². The summed E-state index contributed by atoms with van der Waals surface area (Å²) in [5.74, 6) is -0.272. The van der Waals surface area contributed by atoms with Gasteiger partial charge in [0, 0.05) is 10.6 Å². The van der Waals surface area contributed by atoms with Crippen LogP contribution in [0.4, 0.5) is 4.39 Å². The molecule has 21 heavy (non-hydrogen) atoms. The second-order valence-electron chi connectivity index (χ2n) is 5.15. The van der Waals surface area contributed by atoms with Crippen LogP contribution in [-0.2, 0) is 6.42 Å². The smallest absolute Gasteiger partial charge is 0.129 e. The van der Waals surface area contributed by atoms with Crippen LogP contribution in [0.2, 0.25) is 5.02 Å². The van der Waals surface area contributed by atoms with Crippen molar-refractivity contribution in [1.82, 2.24) is 5.32 Å². The maximum atomic E-state index is 14.2. The fourth-order valence-corrected chi connectivity index (χ4v) is 2.67. The largest absolute Gasteiger partial charge is 0.306 e. The van der Waals surface area contributed by atoms with E-state index in [0.29, 0.717) is 10.6 Å². The van der Waals surface area contributed by atoms with Crippen LogP contribution in [0, 0.1) is 5.82 Å². The number of rotatable bonds is 6. The van der Waals surface area contributed by atoms with Crippen molar-refractivity contribution in [3.05, 3.63) is 70.0 Å². The van der Waals surface area contributed by atoms with E-state index in [1.54, 1.807) is 12.1 Å². The van der Waals surface area contributed by atoms with Crippen LogP contribution in [0.3, 0.4) is 0 Å². The summed E-state index contributed by atoms with van der Waals surface area (Å²) in [5, 5.41) is 3.76. The van der Waals surface area contributed by atoms with Gasteiger partial charge in [-0.15, -0.1) is 0 Å². The molecule has 0 amide bonds. The molecule has 0 heterocycles. The standard InChI is InChI=1S/C18H21ClFN/c1-3-5-13-6-8-14(9-7-13)18(21-4-2)16-11-10-15(19)12-17(16)20/h6-12,18,21H,3-5H2,1-2H3. The van der Waals surface area contributed by atoms with Crippen LogP contribution < -0.4 is 5.32 Å². The molecule has 1 N–H and O–H groups in total. The van der Waals surface area contributed by atoms with Crippen molar-refractivity contribution < 1.29 is 4.39 Å². The molecule has 0 aliphatic rings. The molecule has 1 nitrogen and oxygen atoms in total. The van der Waals surface area contributed by atoms with Gasteiger partial charge in [-0.3, -0.25) is 0 Å². The number of hydrogen-bond acceptors (Lipinski definition) is 1. The summed E-state index contributed by atoms with van der Waals surface area (Å²) in [4.78, 5) is 0. The number of hydrogen-bond donors (Lipinski definition) is 1. The fourth-order valence-electron chi connectivity index (χ4n) is 2.51. The van der Waals surface area contributed by atoms with E-state index in [1.807, 2.05) is 6.92 Å². The lowest BCUT2D eigenvalue weighted by molar-refractivity contribution is 0.559. The molecule has 0 fully saturated rings. The van der Waals surface area contributed by atoms with Gasteiger partial charge in [0.2, 0.25) is 0 Å². The minimum atomic E-state index is -0.272. The maximum Gasteiger partial charge on any atom is 0.129 e. The van der Waals surface area contributed by atoms with Crippen molar-refractivity contribution in [3.8, 4) is 0 Å². The zero-order valence-corrected chi connectivity index (χ0v) is 13.3. The summed E-state index contributed by atoms with van der Waals surface area (Å²) in [6, 6.07) is 13.1. The third-order valence-corrected chi connectivity index (χ3v) is 3.77. The van der Waals surface area contributed by atoms with E-state index in [9.17, 15) is 4.39 Å². The van der Waals surface area contributed by atoms with Crippen LogP contribution in [0.15, 0.2) is 42.5 Å². The lowest BCUT2D eigenvalue weighted by atomic mass is 9.96. The quantitative estimate of drug-likeness (QED) is 0.780. The Kier molecular flexibility index (Phi) is 5.77. The van der Waals surface area contributed by atoms with Gasteiger partial charge in [0.1, 0.15) is 5.82 Å². The van der Waals surface area contributed by atoms with Gasteiger partial charge in [-0.1, -0.05) is 62.2 Å². The highest BCUT2D eigenvalue weighted by molar-refractivity contribution is 6.30. The van der Waals surface area contributed by atoms with E-state index in [4.69, 9.17) is 11.6 Å². The highest BCUT2D eigenvalue weighted by Crippen LogP contribution is 2.26. The molecule has 1 atom stereocenters. The van der Waals surface area contributed by atoms with Crippen LogP contribution in [0.5, 0.6) is 0 Å². The monoisotopic (exact) mass is 305 g/mol. The van der Waals surface area contributed by atoms with Gasteiger partial charge < -0.3 is 5.32 Å². The molecule has 0 radical (unpaired) electrons. The number of aryl methyl sites for hydroxylation is 1. The predicted molar refractivity (Wildman–Crippen MR) is 87.4 cm³/mol. The second kappa shape index (κ2) is 7.58. The highest BCUT2D eigenvalue weighted by atomic mass is 35.5. The van der Waals surface area contributed by atoms with Gasteiger partial charge in [-0.25, -0.2) is 4.39 Å². The Morgan fingerprint density at radius 1 is 1.10 bits per heavy atom. The van der Waals surface area contributed by atoms with Gasteiger partial charge >= 0.3 is 0 Å². The molecular formula is C18H21ClFN. The Hall–Kier alpha value is -1.38. The summed E-state index contributed by atoms with van der Waals surface area (Å²) in [6.07, 6.45) is 2.20. The molecule has 1 unspecified atom stereocenters. The molecule has 0 aliphatic carbocycles. The van der Waals surface area contributed by atoms with Crippen molar-refractivity contribution in [1.29, 1.82) is 0 Å². The Morgan fingerprint density at radius 2 is 1.81 bits per heavy atom. The van der Waals surface area contributed by atoms with Gasteiger partial charge in [0.05, 0.1) is 6.04 Å². The first-order valence-corrected chi connectivity index (χ1v) is 7.80. The molecular weight excluding hydrogens is 285 g/mol. The van der Waals surface area contributed by atoms with E-state index < -0.39 is 0 Å². The summed E-state index contributed by atoms with van der Waals surface area (Å²) in [5.41, 5.74) is 3.01. The molecule has 0 saturated heterocycles. The van der Waals surface area contributed by atoms with Crippen LogP contribution in [0.1, 0.15) is 43.0 Å². The van der Waals surface area contributed by atoms with E-state index in [-0.39, 0.29) is 11.9 Å². The predicted octanol–water partition coefficient (Wildman–Crippen LogP) is 5.13. The summed E-state index contributed by atoms with van der Waals surface area (Å²) < 4.78 is 14.2. The molecule has 0 saturated carbocycles. The first-order chi connectivity index (χ1) is 10.2. The van der Waals surface area contributed by atoms with Gasteiger partial charge in [0.25, 0.3) is 0 Å². The van der Waals surface area contributed by atoms with Crippen molar-refractivity contribution in [2.75, 3.05) is 6.54 Å². The molecule has 3 heteroatoms. The van der Waals surface area contributed by atoms with Crippen molar-refractivity contribution >= 4 is 11.6 Å². The number of halogens is 2. The third kappa shape index (κ3) is 4.05. The fraction of sp³-hybridized carbons (Fsp3) is 0.333. The molecule has 0 aliphatic heterocycles. The normalized spacial score (nSPS) is 12.4. The van der Waals surface area contributed by atoms with Crippen LogP contribution in [0.25, 0.3) is 0 Å². The second-order valence-corrected chi connectivity index (χ2v) is 5.58. The van der Waals surface area contributed by atoms with Crippen LogP contribution in [-0.4, -0.2) is 6.54 Å². The molecule has 2 aromatic rings. The average Bonchev–Trinajstić information content (AvgIpc) is 2.47. The van der Waals surface area contributed by atoms with Crippen molar-refractivity contribution in [3.63, 3.8) is 0 Å². The zero-order chi connectivity index (χ0) is 15.2. The molecule has 0 aromatic heterocycles. The topological polar surface area (TPSA) is 12.0 Å². The Balaban J connectivity index is 2.33. The molecule has 112 valence electrons. The van der Waals surface area contributed by atoms with Gasteiger partial charge in [-0.05, 0) is 36.2 Å². The SMILES string of the molecule is CCCc1ccc(C(NCC)c2ccc(Cl)cc2F)cc1. The molecule has 0 spiro atoms. The van der Waals surface area contributed by atoms with E-state index >= 15 is 0 Å². The minimum absolute atomic E-state index is 0.150. The molecule has 0 bridgehead atoms. The first-order valence-electron chi connectivity index (χ1n) is 7.42.